The van der Waals surface area contributed by atoms with Crippen molar-refractivity contribution in [3.8, 4) is 0 Å². The number of nitrogens with zero attached hydrogens (tertiary/aromatic N) is 2. The Balaban J connectivity index is 1.59. The Labute approximate surface area is 181 Å². The molecule has 1 N–H and O–H groups in total. The zero-order chi connectivity index (χ0) is 21.3. The molecule has 0 unspecified atom stereocenters. The molecule has 1 aromatic heterocycles. The van der Waals surface area contributed by atoms with Gasteiger partial charge in [0.05, 0.1) is 4.90 Å². The van der Waals surface area contributed by atoms with Gasteiger partial charge in [0.1, 0.15) is 5.69 Å². The summed E-state index contributed by atoms with van der Waals surface area (Å²) in [6.07, 6.45) is 2.85. The molecule has 4 rings (SSSR count). The Morgan fingerprint density at radius 1 is 1.07 bits per heavy atom. The molecule has 1 saturated heterocycles. The van der Waals surface area contributed by atoms with Crippen molar-refractivity contribution >= 4 is 38.4 Å². The molecule has 0 aliphatic carbocycles. The number of sulfonamides is 1. The maximum absolute atomic E-state index is 13.0. The molecule has 0 bridgehead atoms. The third-order valence-electron chi connectivity index (χ3n) is 5.60. The topological polar surface area (TPSA) is 71.4 Å². The van der Waals surface area contributed by atoms with Crippen molar-refractivity contribution in [2.75, 3.05) is 13.1 Å². The molecule has 8 heteroatoms. The molecule has 6 nitrogen and oxygen atoms in total. The van der Waals surface area contributed by atoms with Crippen LogP contribution in [0, 0.1) is 0 Å². The van der Waals surface area contributed by atoms with E-state index in [-0.39, 0.29) is 10.8 Å². The van der Waals surface area contributed by atoms with E-state index in [0.29, 0.717) is 30.4 Å². The van der Waals surface area contributed by atoms with Gasteiger partial charge in [0.25, 0.3) is 5.91 Å². The van der Waals surface area contributed by atoms with Crippen molar-refractivity contribution in [1.82, 2.24) is 14.2 Å². The van der Waals surface area contributed by atoms with E-state index in [2.05, 4.69) is 5.32 Å². The Morgan fingerprint density at radius 3 is 2.53 bits per heavy atom. The normalized spacial score (nSPS) is 15.4. The van der Waals surface area contributed by atoms with Crippen LogP contribution in [0.5, 0.6) is 0 Å². The van der Waals surface area contributed by atoms with E-state index in [1.54, 1.807) is 46.3 Å². The van der Waals surface area contributed by atoms with E-state index in [9.17, 15) is 13.2 Å². The number of carbonyl (C=O) groups excluding carboxylic acids is 1. The number of aryl methyl sites for hydroxylation is 1. The molecule has 0 radical (unpaired) electrons. The summed E-state index contributed by atoms with van der Waals surface area (Å²) in [6.45, 7) is 1.43. The number of aromatic nitrogens is 1. The molecular weight excluding hydrogens is 422 g/mol. The fraction of sp³-hybridized carbons (Fsp3) is 0.318. The summed E-state index contributed by atoms with van der Waals surface area (Å²) in [5.41, 5.74) is 2.10. The standard InChI is InChI=1S/C22H24ClN3O3S/c1-25-20-10-9-18(30(28,29)26-11-5-2-6-12-26)13-17(20)14-21(25)22(27)24-15-16-7-3-4-8-19(16)23/h3-4,7-10,13-14H,2,5-6,11-12,15H2,1H3,(H,24,27). The Morgan fingerprint density at radius 2 is 1.80 bits per heavy atom. The lowest BCUT2D eigenvalue weighted by Gasteiger charge is -2.25. The number of fused-ring (bicyclic) bond motifs is 1. The highest BCUT2D eigenvalue weighted by Crippen LogP contribution is 2.26. The fourth-order valence-corrected chi connectivity index (χ4v) is 5.62. The van der Waals surface area contributed by atoms with Crippen LogP contribution in [0.4, 0.5) is 0 Å². The average Bonchev–Trinajstić information content (AvgIpc) is 3.09. The summed E-state index contributed by atoms with van der Waals surface area (Å²) in [5.74, 6) is -0.242. The molecule has 1 amide bonds. The molecule has 158 valence electrons. The molecule has 1 aliphatic heterocycles. The number of piperidine rings is 1. The average molecular weight is 446 g/mol. The highest BCUT2D eigenvalue weighted by Gasteiger charge is 2.26. The molecule has 0 spiro atoms. The monoisotopic (exact) mass is 445 g/mol. The van der Waals surface area contributed by atoms with Crippen LogP contribution >= 0.6 is 11.6 Å². The van der Waals surface area contributed by atoms with Gasteiger partial charge < -0.3 is 9.88 Å². The number of amides is 1. The number of halogens is 1. The van der Waals surface area contributed by atoms with Gasteiger partial charge in [-0.25, -0.2) is 8.42 Å². The maximum atomic E-state index is 13.0. The largest absolute Gasteiger partial charge is 0.347 e. The van der Waals surface area contributed by atoms with Crippen molar-refractivity contribution in [3.05, 3.63) is 64.8 Å². The first-order valence-corrected chi connectivity index (χ1v) is 11.8. The van der Waals surface area contributed by atoms with E-state index in [1.807, 2.05) is 18.2 Å². The summed E-state index contributed by atoms with van der Waals surface area (Å²) >= 11 is 6.16. The van der Waals surface area contributed by atoms with Gasteiger partial charge in [-0.15, -0.1) is 0 Å². The van der Waals surface area contributed by atoms with Gasteiger partial charge in [0.15, 0.2) is 0 Å². The van der Waals surface area contributed by atoms with Crippen LogP contribution in [0.15, 0.2) is 53.4 Å². The molecule has 2 aromatic carbocycles. The third-order valence-corrected chi connectivity index (χ3v) is 7.86. The van der Waals surface area contributed by atoms with Gasteiger partial charge in [-0.05, 0) is 48.7 Å². The first kappa shape index (κ1) is 20.9. The minimum Gasteiger partial charge on any atom is -0.347 e. The maximum Gasteiger partial charge on any atom is 0.268 e. The van der Waals surface area contributed by atoms with E-state index in [4.69, 9.17) is 11.6 Å². The number of rotatable bonds is 5. The minimum atomic E-state index is -3.52. The van der Waals surface area contributed by atoms with Crippen LogP contribution in [0.1, 0.15) is 35.3 Å². The van der Waals surface area contributed by atoms with Gasteiger partial charge >= 0.3 is 0 Å². The predicted molar refractivity (Wildman–Crippen MR) is 118 cm³/mol. The summed E-state index contributed by atoms with van der Waals surface area (Å²) in [7, 11) is -1.72. The number of benzene rings is 2. The second-order valence-corrected chi connectivity index (χ2v) is 9.89. The van der Waals surface area contributed by atoms with Crippen LogP contribution in [0.2, 0.25) is 5.02 Å². The molecule has 30 heavy (non-hydrogen) atoms. The van der Waals surface area contributed by atoms with E-state index in [0.717, 1.165) is 35.7 Å². The fourth-order valence-electron chi connectivity index (χ4n) is 3.87. The predicted octanol–water partition coefficient (Wildman–Crippen LogP) is 3.94. The SMILES string of the molecule is Cn1c(C(=O)NCc2ccccc2Cl)cc2cc(S(=O)(=O)N3CCCCC3)ccc21. The minimum absolute atomic E-state index is 0.242. The first-order valence-electron chi connectivity index (χ1n) is 9.99. The van der Waals surface area contributed by atoms with Gasteiger partial charge in [-0.2, -0.15) is 4.31 Å². The number of hydrogen-bond acceptors (Lipinski definition) is 3. The van der Waals surface area contributed by atoms with Crippen molar-refractivity contribution < 1.29 is 13.2 Å². The van der Waals surface area contributed by atoms with Crippen LogP contribution in [0.3, 0.4) is 0 Å². The highest BCUT2D eigenvalue weighted by molar-refractivity contribution is 7.89. The first-order chi connectivity index (χ1) is 14.4. The number of carbonyl (C=O) groups is 1. The lowest BCUT2D eigenvalue weighted by Crippen LogP contribution is -2.35. The molecule has 0 saturated carbocycles. The summed E-state index contributed by atoms with van der Waals surface area (Å²) in [4.78, 5) is 13.0. The Bertz CT molecular complexity index is 1200. The molecular formula is C22H24ClN3O3S. The lowest BCUT2D eigenvalue weighted by molar-refractivity contribution is 0.0943. The summed E-state index contributed by atoms with van der Waals surface area (Å²) in [5, 5.41) is 4.20. The van der Waals surface area contributed by atoms with E-state index in [1.165, 1.54) is 0 Å². The second kappa shape index (κ2) is 8.41. The van der Waals surface area contributed by atoms with Crippen LogP contribution in [-0.2, 0) is 23.6 Å². The second-order valence-electron chi connectivity index (χ2n) is 7.55. The van der Waals surface area contributed by atoms with E-state index < -0.39 is 10.0 Å². The quantitative estimate of drug-likeness (QED) is 0.646. The zero-order valence-electron chi connectivity index (χ0n) is 16.8. The van der Waals surface area contributed by atoms with Crippen molar-refractivity contribution in [1.29, 1.82) is 0 Å². The van der Waals surface area contributed by atoms with Crippen LogP contribution < -0.4 is 5.32 Å². The lowest BCUT2D eigenvalue weighted by atomic mass is 10.2. The molecule has 1 fully saturated rings. The van der Waals surface area contributed by atoms with Gasteiger partial charge in [0, 0.05) is 42.6 Å². The number of nitrogens with one attached hydrogen (secondary N) is 1. The summed E-state index contributed by atoms with van der Waals surface area (Å²) in [6, 6.07) is 14.1. The highest BCUT2D eigenvalue weighted by atomic mass is 35.5. The molecule has 0 atom stereocenters. The molecule has 2 heterocycles. The molecule has 3 aromatic rings. The Kier molecular flexibility index (Phi) is 5.86. The number of hydrogen-bond donors (Lipinski definition) is 1. The van der Waals surface area contributed by atoms with Crippen LogP contribution in [-0.4, -0.2) is 36.3 Å². The third kappa shape index (κ3) is 3.97. The Hall–Kier alpha value is -2.35. The van der Waals surface area contributed by atoms with Gasteiger partial charge in [-0.1, -0.05) is 36.2 Å². The smallest absolute Gasteiger partial charge is 0.268 e. The van der Waals surface area contributed by atoms with Gasteiger partial charge in [0.2, 0.25) is 10.0 Å². The van der Waals surface area contributed by atoms with Gasteiger partial charge in [-0.3, -0.25) is 4.79 Å². The van der Waals surface area contributed by atoms with Crippen molar-refractivity contribution in [2.24, 2.45) is 7.05 Å². The van der Waals surface area contributed by atoms with Crippen molar-refractivity contribution in [2.45, 2.75) is 30.7 Å². The van der Waals surface area contributed by atoms with Crippen molar-refractivity contribution in [3.63, 3.8) is 0 Å². The van der Waals surface area contributed by atoms with Crippen LogP contribution in [0.25, 0.3) is 10.9 Å². The van der Waals surface area contributed by atoms with E-state index >= 15 is 0 Å². The molecule has 1 aliphatic rings. The zero-order valence-corrected chi connectivity index (χ0v) is 18.3. The summed E-state index contributed by atoms with van der Waals surface area (Å²) < 4.78 is 29.3.